The van der Waals surface area contributed by atoms with E-state index >= 15 is 0 Å². The van der Waals surface area contributed by atoms with Gasteiger partial charge in [0.15, 0.2) is 0 Å². The van der Waals surface area contributed by atoms with Gasteiger partial charge >= 0.3 is 0 Å². The van der Waals surface area contributed by atoms with Crippen molar-refractivity contribution in [1.82, 2.24) is 9.78 Å². The van der Waals surface area contributed by atoms with Gasteiger partial charge in [0.25, 0.3) is 0 Å². The fraction of sp³-hybridized carbons (Fsp3) is 0.800. The predicted molar refractivity (Wildman–Crippen MR) is 76.8 cm³/mol. The van der Waals surface area contributed by atoms with Crippen molar-refractivity contribution in [1.29, 1.82) is 0 Å². The molecular weight excluding hydrogens is 222 g/mol. The summed E-state index contributed by atoms with van der Waals surface area (Å²) in [5.74, 6) is 1.70. The Balaban J connectivity index is 2.00. The minimum Gasteiger partial charge on any atom is -0.380 e. The van der Waals surface area contributed by atoms with Gasteiger partial charge in [0.2, 0.25) is 0 Å². The number of nitrogens with one attached hydrogen (secondary N) is 1. The highest BCUT2D eigenvalue weighted by atomic mass is 15.3. The van der Waals surface area contributed by atoms with Crippen LogP contribution in [-0.2, 0) is 13.5 Å². The Kier molecular flexibility index (Phi) is 4.31. The number of anilines is 1. The van der Waals surface area contributed by atoms with Crippen molar-refractivity contribution < 1.29 is 0 Å². The molecule has 102 valence electrons. The van der Waals surface area contributed by atoms with Crippen LogP contribution in [0.4, 0.5) is 5.69 Å². The van der Waals surface area contributed by atoms with Gasteiger partial charge in [-0.15, -0.1) is 0 Å². The average molecular weight is 249 g/mol. The van der Waals surface area contributed by atoms with Gasteiger partial charge in [0.1, 0.15) is 0 Å². The monoisotopic (exact) mass is 249 g/mol. The Morgan fingerprint density at radius 3 is 2.89 bits per heavy atom. The lowest BCUT2D eigenvalue weighted by Gasteiger charge is -2.32. The SMILES string of the molecule is CCc1nn(C)cc1NC1CCCC(C(C)C)C1. The molecule has 2 rings (SSSR count). The highest BCUT2D eigenvalue weighted by molar-refractivity contribution is 5.47. The number of aryl methyl sites for hydroxylation is 2. The topological polar surface area (TPSA) is 29.9 Å². The first-order chi connectivity index (χ1) is 8.60. The van der Waals surface area contributed by atoms with E-state index in [0.29, 0.717) is 6.04 Å². The zero-order valence-electron chi connectivity index (χ0n) is 12.2. The molecule has 2 atom stereocenters. The summed E-state index contributed by atoms with van der Waals surface area (Å²) >= 11 is 0. The molecular formula is C15H27N3. The molecule has 0 bridgehead atoms. The molecule has 0 aromatic carbocycles. The fourth-order valence-corrected chi connectivity index (χ4v) is 3.10. The van der Waals surface area contributed by atoms with Crippen molar-refractivity contribution in [3.63, 3.8) is 0 Å². The molecule has 18 heavy (non-hydrogen) atoms. The zero-order chi connectivity index (χ0) is 13.1. The van der Waals surface area contributed by atoms with E-state index in [0.717, 1.165) is 18.3 Å². The molecule has 1 aromatic heterocycles. The van der Waals surface area contributed by atoms with E-state index < -0.39 is 0 Å². The maximum Gasteiger partial charge on any atom is 0.0853 e. The highest BCUT2D eigenvalue weighted by Gasteiger charge is 2.24. The van der Waals surface area contributed by atoms with Crippen molar-refractivity contribution in [2.24, 2.45) is 18.9 Å². The van der Waals surface area contributed by atoms with Gasteiger partial charge in [-0.05, 0) is 31.1 Å². The molecule has 0 saturated heterocycles. The third-order valence-corrected chi connectivity index (χ3v) is 4.26. The van der Waals surface area contributed by atoms with Crippen LogP contribution < -0.4 is 5.32 Å². The molecule has 0 amide bonds. The van der Waals surface area contributed by atoms with Gasteiger partial charge in [0, 0.05) is 19.3 Å². The molecule has 3 nitrogen and oxygen atoms in total. The van der Waals surface area contributed by atoms with Gasteiger partial charge in [-0.25, -0.2) is 0 Å². The van der Waals surface area contributed by atoms with Crippen LogP contribution in [0.1, 0.15) is 52.1 Å². The van der Waals surface area contributed by atoms with Crippen LogP contribution >= 0.6 is 0 Å². The van der Waals surface area contributed by atoms with E-state index in [1.807, 2.05) is 11.7 Å². The second kappa shape index (κ2) is 5.77. The summed E-state index contributed by atoms with van der Waals surface area (Å²) in [6.07, 6.45) is 8.52. The smallest absolute Gasteiger partial charge is 0.0853 e. The molecule has 0 aliphatic heterocycles. The second-order valence-electron chi connectivity index (χ2n) is 6.03. The van der Waals surface area contributed by atoms with Crippen LogP contribution in [0.3, 0.4) is 0 Å². The summed E-state index contributed by atoms with van der Waals surface area (Å²) in [6.45, 7) is 6.88. The standard InChI is InChI=1S/C15H27N3/c1-5-14-15(10-18(4)17-14)16-13-8-6-7-12(9-13)11(2)3/h10-13,16H,5-9H2,1-4H3. The third-order valence-electron chi connectivity index (χ3n) is 4.26. The normalized spacial score (nSPS) is 24.5. The summed E-state index contributed by atoms with van der Waals surface area (Å²) < 4.78 is 1.92. The number of rotatable bonds is 4. The van der Waals surface area contributed by atoms with Crippen molar-refractivity contribution >= 4 is 5.69 Å². The van der Waals surface area contributed by atoms with Crippen LogP contribution in [0, 0.1) is 11.8 Å². The first-order valence-corrected chi connectivity index (χ1v) is 7.39. The largest absolute Gasteiger partial charge is 0.380 e. The zero-order valence-corrected chi connectivity index (χ0v) is 12.2. The number of hydrogen-bond acceptors (Lipinski definition) is 2. The van der Waals surface area contributed by atoms with E-state index in [1.165, 1.54) is 37.1 Å². The predicted octanol–water partition coefficient (Wildman–Crippen LogP) is 3.61. The average Bonchev–Trinajstić information content (AvgIpc) is 2.69. The quantitative estimate of drug-likeness (QED) is 0.883. The molecule has 1 aliphatic carbocycles. The molecule has 2 unspecified atom stereocenters. The van der Waals surface area contributed by atoms with Crippen LogP contribution in [0.15, 0.2) is 6.20 Å². The molecule has 1 saturated carbocycles. The van der Waals surface area contributed by atoms with E-state index in [9.17, 15) is 0 Å². The van der Waals surface area contributed by atoms with Crippen LogP contribution in [0.25, 0.3) is 0 Å². The Bertz CT molecular complexity index is 381. The number of nitrogens with zero attached hydrogens (tertiary/aromatic N) is 2. The van der Waals surface area contributed by atoms with Gasteiger partial charge in [-0.2, -0.15) is 5.10 Å². The molecule has 1 aliphatic rings. The lowest BCUT2D eigenvalue weighted by atomic mass is 9.79. The Labute approximate surface area is 111 Å². The first kappa shape index (κ1) is 13.4. The van der Waals surface area contributed by atoms with E-state index in [4.69, 9.17) is 0 Å². The Hall–Kier alpha value is -0.990. The van der Waals surface area contributed by atoms with Crippen LogP contribution in [0.5, 0.6) is 0 Å². The van der Waals surface area contributed by atoms with Gasteiger partial charge in [-0.3, -0.25) is 4.68 Å². The Morgan fingerprint density at radius 2 is 2.22 bits per heavy atom. The van der Waals surface area contributed by atoms with E-state index in [1.54, 1.807) is 0 Å². The molecule has 3 heteroatoms. The van der Waals surface area contributed by atoms with Crippen molar-refractivity contribution in [2.45, 2.75) is 58.9 Å². The second-order valence-corrected chi connectivity index (χ2v) is 6.03. The summed E-state index contributed by atoms with van der Waals surface area (Å²) in [5, 5.41) is 8.23. The molecule has 0 radical (unpaired) electrons. The lowest BCUT2D eigenvalue weighted by Crippen LogP contribution is -2.29. The summed E-state index contributed by atoms with van der Waals surface area (Å²) in [7, 11) is 2.00. The number of hydrogen-bond donors (Lipinski definition) is 1. The molecule has 1 N–H and O–H groups in total. The van der Waals surface area contributed by atoms with Crippen molar-refractivity contribution in [3.8, 4) is 0 Å². The lowest BCUT2D eigenvalue weighted by molar-refractivity contribution is 0.264. The summed E-state index contributed by atoms with van der Waals surface area (Å²) in [5.41, 5.74) is 2.44. The Morgan fingerprint density at radius 1 is 1.44 bits per heavy atom. The fourth-order valence-electron chi connectivity index (χ4n) is 3.10. The summed E-state index contributed by atoms with van der Waals surface area (Å²) in [6, 6.07) is 0.639. The van der Waals surface area contributed by atoms with E-state index in [-0.39, 0.29) is 0 Å². The minimum atomic E-state index is 0.639. The highest BCUT2D eigenvalue weighted by Crippen LogP contribution is 2.32. The maximum absolute atomic E-state index is 4.50. The van der Waals surface area contributed by atoms with Gasteiger partial charge < -0.3 is 5.32 Å². The van der Waals surface area contributed by atoms with E-state index in [2.05, 4.69) is 37.4 Å². The number of aromatic nitrogens is 2. The molecule has 1 aromatic rings. The van der Waals surface area contributed by atoms with Gasteiger partial charge in [-0.1, -0.05) is 33.6 Å². The molecule has 1 fully saturated rings. The first-order valence-electron chi connectivity index (χ1n) is 7.39. The van der Waals surface area contributed by atoms with Crippen molar-refractivity contribution in [2.75, 3.05) is 5.32 Å². The van der Waals surface area contributed by atoms with Gasteiger partial charge in [0.05, 0.1) is 11.4 Å². The summed E-state index contributed by atoms with van der Waals surface area (Å²) in [4.78, 5) is 0. The maximum atomic E-state index is 4.50. The third kappa shape index (κ3) is 3.06. The molecule has 1 heterocycles. The van der Waals surface area contributed by atoms with Crippen LogP contribution in [0.2, 0.25) is 0 Å². The van der Waals surface area contributed by atoms with Crippen molar-refractivity contribution in [3.05, 3.63) is 11.9 Å². The minimum absolute atomic E-state index is 0.639. The molecule has 0 spiro atoms. The van der Waals surface area contributed by atoms with Crippen LogP contribution in [-0.4, -0.2) is 15.8 Å².